The third-order valence-corrected chi connectivity index (χ3v) is 5.41. The van der Waals surface area contributed by atoms with Gasteiger partial charge in [-0.1, -0.05) is 54.6 Å². The molecule has 1 atom stereocenters. The van der Waals surface area contributed by atoms with Gasteiger partial charge in [-0.25, -0.2) is 9.78 Å². The molecule has 2 aromatic carbocycles. The van der Waals surface area contributed by atoms with Crippen LogP contribution in [0.3, 0.4) is 0 Å². The molecule has 4 rings (SSSR count). The van der Waals surface area contributed by atoms with Crippen molar-refractivity contribution >= 4 is 6.03 Å². The molecule has 1 aliphatic heterocycles. The second-order valence-corrected chi connectivity index (χ2v) is 7.34. The van der Waals surface area contributed by atoms with Gasteiger partial charge in [0.05, 0.1) is 6.04 Å². The van der Waals surface area contributed by atoms with Gasteiger partial charge in [0.15, 0.2) is 0 Å². The maximum Gasteiger partial charge on any atom is 0.318 e. The van der Waals surface area contributed by atoms with Crippen LogP contribution < -0.4 is 5.32 Å². The summed E-state index contributed by atoms with van der Waals surface area (Å²) in [5.41, 5.74) is 3.53. The highest BCUT2D eigenvalue weighted by atomic mass is 16.2. The average molecular weight is 374 g/mol. The summed E-state index contributed by atoms with van der Waals surface area (Å²) in [6.07, 6.45) is 5.88. The number of nitrogens with one attached hydrogen (secondary N) is 1. The van der Waals surface area contributed by atoms with Crippen molar-refractivity contribution in [1.82, 2.24) is 19.8 Å². The Labute approximate surface area is 166 Å². The van der Waals surface area contributed by atoms with Crippen LogP contribution in [0.15, 0.2) is 67.0 Å². The zero-order valence-electron chi connectivity index (χ0n) is 16.2. The van der Waals surface area contributed by atoms with Crippen molar-refractivity contribution in [2.75, 3.05) is 6.54 Å². The first-order valence-electron chi connectivity index (χ1n) is 9.85. The number of rotatable bonds is 5. The Kier molecular flexibility index (Phi) is 5.42. The van der Waals surface area contributed by atoms with Crippen molar-refractivity contribution in [2.45, 2.75) is 38.9 Å². The van der Waals surface area contributed by atoms with E-state index in [1.54, 1.807) is 0 Å². The zero-order chi connectivity index (χ0) is 19.3. The molecule has 0 radical (unpaired) electrons. The number of aromatic nitrogens is 2. The summed E-state index contributed by atoms with van der Waals surface area (Å²) < 4.78 is 2.12. The predicted molar refractivity (Wildman–Crippen MR) is 110 cm³/mol. The smallest absolute Gasteiger partial charge is 0.318 e. The standard InChI is InChI=1S/C23H26N4O/c1-18-24-12-14-26(18)17-20-8-5-7-19(15-20)16-25-23(28)27-13-6-11-22(27)21-9-3-2-4-10-21/h2-5,7-10,12,14-15,22H,6,11,13,16-17H2,1H3,(H,25,28). The highest BCUT2D eigenvalue weighted by Crippen LogP contribution is 2.31. The Hall–Kier alpha value is -3.08. The van der Waals surface area contributed by atoms with Crippen molar-refractivity contribution < 1.29 is 4.79 Å². The van der Waals surface area contributed by atoms with Gasteiger partial charge < -0.3 is 14.8 Å². The van der Waals surface area contributed by atoms with E-state index in [0.717, 1.165) is 37.3 Å². The monoisotopic (exact) mass is 374 g/mol. The Morgan fingerprint density at radius 1 is 1.14 bits per heavy atom. The lowest BCUT2D eigenvalue weighted by atomic mass is 10.1. The van der Waals surface area contributed by atoms with Gasteiger partial charge in [0.1, 0.15) is 5.82 Å². The van der Waals surface area contributed by atoms with Crippen LogP contribution in [0.1, 0.15) is 41.4 Å². The van der Waals surface area contributed by atoms with Gasteiger partial charge in [0, 0.05) is 32.0 Å². The summed E-state index contributed by atoms with van der Waals surface area (Å²) in [5, 5.41) is 3.11. The Morgan fingerprint density at radius 3 is 2.75 bits per heavy atom. The third-order valence-electron chi connectivity index (χ3n) is 5.41. The van der Waals surface area contributed by atoms with E-state index in [1.807, 2.05) is 48.5 Å². The fourth-order valence-corrected chi connectivity index (χ4v) is 3.92. The van der Waals surface area contributed by atoms with Crippen LogP contribution >= 0.6 is 0 Å². The van der Waals surface area contributed by atoms with Gasteiger partial charge in [-0.15, -0.1) is 0 Å². The lowest BCUT2D eigenvalue weighted by Gasteiger charge is -2.25. The van der Waals surface area contributed by atoms with Crippen LogP contribution in [0.5, 0.6) is 0 Å². The molecule has 1 saturated heterocycles. The first-order chi connectivity index (χ1) is 13.7. The molecule has 2 heterocycles. The SMILES string of the molecule is Cc1nccn1Cc1cccc(CNC(=O)N2CCCC2c2ccccc2)c1. The summed E-state index contributed by atoms with van der Waals surface area (Å²) in [5.74, 6) is 1.000. The van der Waals surface area contributed by atoms with Gasteiger partial charge in [-0.05, 0) is 36.5 Å². The molecule has 0 bridgehead atoms. The maximum atomic E-state index is 12.8. The second kappa shape index (κ2) is 8.30. The molecule has 5 heteroatoms. The van der Waals surface area contributed by atoms with E-state index >= 15 is 0 Å². The van der Waals surface area contributed by atoms with Crippen LogP contribution in [0.2, 0.25) is 0 Å². The molecular weight excluding hydrogens is 348 g/mol. The zero-order valence-corrected chi connectivity index (χ0v) is 16.2. The molecule has 0 spiro atoms. The molecule has 2 amide bonds. The van der Waals surface area contributed by atoms with Crippen LogP contribution in [-0.4, -0.2) is 27.0 Å². The molecule has 1 fully saturated rings. The molecule has 0 saturated carbocycles. The number of hydrogen-bond acceptors (Lipinski definition) is 2. The molecule has 3 aromatic rings. The topological polar surface area (TPSA) is 50.2 Å². The summed E-state index contributed by atoms with van der Waals surface area (Å²) in [6.45, 7) is 4.14. The predicted octanol–water partition coefficient (Wildman–Crippen LogP) is 4.29. The number of amides is 2. The minimum absolute atomic E-state index is 0.0159. The maximum absolute atomic E-state index is 12.8. The molecule has 28 heavy (non-hydrogen) atoms. The van der Waals surface area contributed by atoms with E-state index in [0.29, 0.717) is 6.54 Å². The van der Waals surface area contributed by atoms with Gasteiger partial charge in [-0.3, -0.25) is 0 Å². The van der Waals surface area contributed by atoms with E-state index in [-0.39, 0.29) is 12.1 Å². The molecule has 1 aliphatic rings. The number of likely N-dealkylation sites (tertiary alicyclic amines) is 1. The molecule has 0 aliphatic carbocycles. The first-order valence-corrected chi connectivity index (χ1v) is 9.85. The van der Waals surface area contributed by atoms with Crippen molar-refractivity contribution in [3.05, 3.63) is 89.5 Å². The van der Waals surface area contributed by atoms with Crippen LogP contribution in [-0.2, 0) is 13.1 Å². The minimum Gasteiger partial charge on any atom is -0.334 e. The number of imidazole rings is 1. The van der Waals surface area contributed by atoms with Crippen LogP contribution in [0.4, 0.5) is 4.79 Å². The summed E-state index contributed by atoms with van der Waals surface area (Å²) in [7, 11) is 0. The van der Waals surface area contributed by atoms with E-state index in [1.165, 1.54) is 11.1 Å². The molecule has 5 nitrogen and oxygen atoms in total. The Bertz CT molecular complexity index is 935. The molecule has 1 aromatic heterocycles. The fourth-order valence-electron chi connectivity index (χ4n) is 3.92. The molecule has 1 N–H and O–H groups in total. The first kappa shape index (κ1) is 18.3. The number of urea groups is 1. The number of carbonyl (C=O) groups excluding carboxylic acids is 1. The highest BCUT2D eigenvalue weighted by molar-refractivity contribution is 5.75. The lowest BCUT2D eigenvalue weighted by molar-refractivity contribution is 0.192. The number of benzene rings is 2. The summed E-state index contributed by atoms with van der Waals surface area (Å²) in [6, 6.07) is 18.9. The van der Waals surface area contributed by atoms with Crippen LogP contribution in [0.25, 0.3) is 0 Å². The number of hydrogen-bond donors (Lipinski definition) is 1. The largest absolute Gasteiger partial charge is 0.334 e. The van der Waals surface area contributed by atoms with E-state index in [9.17, 15) is 4.79 Å². The van der Waals surface area contributed by atoms with Crippen molar-refractivity contribution in [3.63, 3.8) is 0 Å². The number of carbonyl (C=O) groups is 1. The number of aryl methyl sites for hydroxylation is 1. The summed E-state index contributed by atoms with van der Waals surface area (Å²) >= 11 is 0. The second-order valence-electron chi connectivity index (χ2n) is 7.34. The number of nitrogens with zero attached hydrogens (tertiary/aromatic N) is 3. The average Bonchev–Trinajstić information content (AvgIpc) is 3.37. The quantitative estimate of drug-likeness (QED) is 0.724. The Morgan fingerprint density at radius 2 is 1.96 bits per heavy atom. The third kappa shape index (κ3) is 4.09. The van der Waals surface area contributed by atoms with E-state index in [2.05, 4.69) is 45.2 Å². The van der Waals surface area contributed by atoms with Gasteiger partial charge >= 0.3 is 6.03 Å². The molecule has 144 valence electrons. The van der Waals surface area contributed by atoms with Gasteiger partial charge in [-0.2, -0.15) is 0 Å². The normalized spacial score (nSPS) is 16.3. The highest BCUT2D eigenvalue weighted by Gasteiger charge is 2.29. The minimum atomic E-state index is 0.0159. The Balaban J connectivity index is 1.38. The fraction of sp³-hybridized carbons (Fsp3) is 0.304. The molecule has 1 unspecified atom stereocenters. The lowest BCUT2D eigenvalue weighted by Crippen LogP contribution is -2.39. The van der Waals surface area contributed by atoms with Crippen molar-refractivity contribution in [1.29, 1.82) is 0 Å². The van der Waals surface area contributed by atoms with Gasteiger partial charge in [0.2, 0.25) is 0 Å². The van der Waals surface area contributed by atoms with Crippen molar-refractivity contribution in [3.8, 4) is 0 Å². The van der Waals surface area contributed by atoms with Crippen molar-refractivity contribution in [2.24, 2.45) is 0 Å². The van der Waals surface area contributed by atoms with E-state index in [4.69, 9.17) is 0 Å². The van der Waals surface area contributed by atoms with Gasteiger partial charge in [0.25, 0.3) is 0 Å². The van der Waals surface area contributed by atoms with E-state index < -0.39 is 0 Å². The summed E-state index contributed by atoms with van der Waals surface area (Å²) in [4.78, 5) is 19.0. The van der Waals surface area contributed by atoms with Crippen LogP contribution in [0, 0.1) is 6.92 Å². The molecular formula is C23H26N4O.